The molecule has 0 atom stereocenters. The summed E-state index contributed by atoms with van der Waals surface area (Å²) in [6, 6.07) is 14.9. The van der Waals surface area contributed by atoms with Gasteiger partial charge in [-0.15, -0.1) is 0 Å². The van der Waals surface area contributed by atoms with E-state index in [2.05, 4.69) is 16.7 Å². The van der Waals surface area contributed by atoms with E-state index < -0.39 is 5.41 Å². The molecule has 3 amide bonds. The standard InChI is InChI=1S/C22H25N3O3/c1-15(26)23-18-9-6-10-19(13-18)24-20(27)22(2,3)21(28)25-12-11-16-7-4-5-8-17(16)14-25/h4-10,13H,11-12,14H2,1-3H3,(H,23,26)(H,24,27). The minimum absolute atomic E-state index is 0.190. The Labute approximate surface area is 164 Å². The van der Waals surface area contributed by atoms with Gasteiger partial charge in [0.05, 0.1) is 0 Å². The van der Waals surface area contributed by atoms with Gasteiger partial charge in [0.2, 0.25) is 17.7 Å². The number of nitrogens with one attached hydrogen (secondary N) is 2. The molecule has 0 fully saturated rings. The number of carbonyl (C=O) groups excluding carboxylic acids is 3. The zero-order valence-electron chi connectivity index (χ0n) is 16.4. The van der Waals surface area contributed by atoms with Crippen molar-refractivity contribution in [1.82, 2.24) is 4.90 Å². The molecule has 0 saturated carbocycles. The second kappa shape index (κ2) is 7.84. The van der Waals surface area contributed by atoms with Gasteiger partial charge < -0.3 is 15.5 Å². The number of carbonyl (C=O) groups is 3. The van der Waals surface area contributed by atoms with Gasteiger partial charge in [-0.1, -0.05) is 30.3 Å². The largest absolute Gasteiger partial charge is 0.337 e. The number of fused-ring (bicyclic) bond motifs is 1. The van der Waals surface area contributed by atoms with Crippen LogP contribution in [0.2, 0.25) is 0 Å². The number of nitrogens with zero attached hydrogens (tertiary/aromatic N) is 1. The third-order valence-electron chi connectivity index (χ3n) is 4.96. The quantitative estimate of drug-likeness (QED) is 0.801. The molecule has 3 rings (SSSR count). The highest BCUT2D eigenvalue weighted by Gasteiger charge is 2.40. The summed E-state index contributed by atoms with van der Waals surface area (Å²) in [4.78, 5) is 38.9. The van der Waals surface area contributed by atoms with E-state index in [1.807, 2.05) is 18.2 Å². The van der Waals surface area contributed by atoms with Crippen LogP contribution < -0.4 is 10.6 Å². The van der Waals surface area contributed by atoms with Crippen LogP contribution in [0.1, 0.15) is 31.9 Å². The van der Waals surface area contributed by atoms with Crippen LogP contribution in [0.4, 0.5) is 11.4 Å². The molecular formula is C22H25N3O3. The van der Waals surface area contributed by atoms with Gasteiger partial charge in [0.15, 0.2) is 0 Å². The summed E-state index contributed by atoms with van der Waals surface area (Å²) in [6.07, 6.45) is 0.790. The average Bonchev–Trinajstić information content (AvgIpc) is 2.66. The molecule has 0 bridgehead atoms. The maximum atomic E-state index is 13.1. The first-order valence-corrected chi connectivity index (χ1v) is 9.32. The Bertz CT molecular complexity index is 921. The summed E-state index contributed by atoms with van der Waals surface area (Å²) in [5.74, 6) is -0.766. The van der Waals surface area contributed by atoms with E-state index in [1.54, 1.807) is 43.0 Å². The lowest BCUT2D eigenvalue weighted by Gasteiger charge is -2.34. The number of anilines is 2. The Morgan fingerprint density at radius 2 is 1.57 bits per heavy atom. The smallest absolute Gasteiger partial charge is 0.239 e. The Morgan fingerprint density at radius 1 is 0.929 bits per heavy atom. The first kappa shape index (κ1) is 19.6. The number of benzene rings is 2. The minimum Gasteiger partial charge on any atom is -0.337 e. The van der Waals surface area contributed by atoms with Crippen molar-refractivity contribution in [2.75, 3.05) is 17.2 Å². The van der Waals surface area contributed by atoms with Gasteiger partial charge in [-0.3, -0.25) is 14.4 Å². The number of rotatable bonds is 4. The predicted octanol–water partition coefficient (Wildman–Crippen LogP) is 3.19. The number of hydrogen-bond acceptors (Lipinski definition) is 3. The fourth-order valence-electron chi connectivity index (χ4n) is 3.33. The summed E-state index contributed by atoms with van der Waals surface area (Å²) in [5.41, 5.74) is 2.28. The highest BCUT2D eigenvalue weighted by atomic mass is 16.2. The van der Waals surface area contributed by atoms with Crippen molar-refractivity contribution in [2.45, 2.75) is 33.7 Å². The van der Waals surface area contributed by atoms with Crippen molar-refractivity contribution >= 4 is 29.1 Å². The van der Waals surface area contributed by atoms with Crippen LogP contribution in [0.25, 0.3) is 0 Å². The molecule has 2 N–H and O–H groups in total. The van der Waals surface area contributed by atoms with Gasteiger partial charge in [-0.05, 0) is 49.6 Å². The zero-order valence-corrected chi connectivity index (χ0v) is 16.4. The van der Waals surface area contributed by atoms with Crippen LogP contribution in [0.3, 0.4) is 0 Å². The Morgan fingerprint density at radius 3 is 2.25 bits per heavy atom. The molecule has 0 saturated heterocycles. The molecular weight excluding hydrogens is 354 g/mol. The van der Waals surface area contributed by atoms with E-state index in [0.717, 1.165) is 12.0 Å². The van der Waals surface area contributed by atoms with Crippen LogP contribution in [0.15, 0.2) is 48.5 Å². The predicted molar refractivity (Wildman–Crippen MR) is 109 cm³/mol. The van der Waals surface area contributed by atoms with Gasteiger partial charge in [0.25, 0.3) is 0 Å². The average molecular weight is 379 g/mol. The van der Waals surface area contributed by atoms with E-state index in [-0.39, 0.29) is 17.7 Å². The highest BCUT2D eigenvalue weighted by Crippen LogP contribution is 2.27. The monoisotopic (exact) mass is 379 g/mol. The van der Waals surface area contributed by atoms with Gasteiger partial charge in [-0.2, -0.15) is 0 Å². The molecule has 1 aliphatic heterocycles. The fourth-order valence-corrected chi connectivity index (χ4v) is 3.33. The number of hydrogen-bond donors (Lipinski definition) is 2. The third-order valence-corrected chi connectivity index (χ3v) is 4.96. The van der Waals surface area contributed by atoms with E-state index in [0.29, 0.717) is 24.5 Å². The Kier molecular flexibility index (Phi) is 5.49. The number of amides is 3. The second-order valence-corrected chi connectivity index (χ2v) is 7.59. The van der Waals surface area contributed by atoms with E-state index in [1.165, 1.54) is 12.5 Å². The maximum absolute atomic E-state index is 13.1. The lowest BCUT2D eigenvalue weighted by Crippen LogP contribution is -2.48. The van der Waals surface area contributed by atoms with Crippen molar-refractivity contribution in [2.24, 2.45) is 5.41 Å². The van der Waals surface area contributed by atoms with Crippen molar-refractivity contribution in [3.05, 3.63) is 59.7 Å². The molecule has 146 valence electrons. The molecule has 2 aromatic carbocycles. The van der Waals surface area contributed by atoms with E-state index in [4.69, 9.17) is 0 Å². The topological polar surface area (TPSA) is 78.5 Å². The lowest BCUT2D eigenvalue weighted by atomic mass is 9.88. The third kappa shape index (κ3) is 4.22. The normalized spacial score (nSPS) is 13.5. The van der Waals surface area contributed by atoms with Crippen molar-refractivity contribution < 1.29 is 14.4 Å². The molecule has 0 aromatic heterocycles. The molecule has 1 aliphatic rings. The van der Waals surface area contributed by atoms with Crippen molar-refractivity contribution in [3.8, 4) is 0 Å². The highest BCUT2D eigenvalue weighted by molar-refractivity contribution is 6.10. The van der Waals surface area contributed by atoms with Crippen LogP contribution in [-0.2, 0) is 27.3 Å². The van der Waals surface area contributed by atoms with Crippen LogP contribution in [0.5, 0.6) is 0 Å². The van der Waals surface area contributed by atoms with Crippen molar-refractivity contribution in [3.63, 3.8) is 0 Å². The summed E-state index contributed by atoms with van der Waals surface area (Å²) >= 11 is 0. The van der Waals surface area contributed by atoms with Crippen LogP contribution in [-0.4, -0.2) is 29.2 Å². The van der Waals surface area contributed by atoms with Crippen LogP contribution >= 0.6 is 0 Å². The molecule has 0 radical (unpaired) electrons. The summed E-state index contributed by atoms with van der Waals surface area (Å²) in [5, 5.41) is 5.47. The fraction of sp³-hybridized carbons (Fsp3) is 0.318. The minimum atomic E-state index is -1.21. The molecule has 1 heterocycles. The van der Waals surface area contributed by atoms with Gasteiger partial charge in [0.1, 0.15) is 5.41 Å². The molecule has 28 heavy (non-hydrogen) atoms. The van der Waals surface area contributed by atoms with E-state index in [9.17, 15) is 14.4 Å². The van der Waals surface area contributed by atoms with Crippen molar-refractivity contribution in [1.29, 1.82) is 0 Å². The summed E-state index contributed by atoms with van der Waals surface area (Å²) in [6.45, 7) is 5.82. The molecule has 2 aromatic rings. The molecule has 6 nitrogen and oxygen atoms in total. The maximum Gasteiger partial charge on any atom is 0.239 e. The van der Waals surface area contributed by atoms with Gasteiger partial charge in [0, 0.05) is 31.4 Å². The van der Waals surface area contributed by atoms with E-state index >= 15 is 0 Å². The molecule has 0 spiro atoms. The summed E-state index contributed by atoms with van der Waals surface area (Å²) in [7, 11) is 0. The first-order chi connectivity index (χ1) is 13.3. The SMILES string of the molecule is CC(=O)Nc1cccc(NC(=O)C(C)(C)C(=O)N2CCc3ccccc3C2)c1. The van der Waals surface area contributed by atoms with Gasteiger partial charge in [-0.25, -0.2) is 0 Å². The molecule has 0 unspecified atom stereocenters. The molecule has 0 aliphatic carbocycles. The Hall–Kier alpha value is -3.15. The summed E-state index contributed by atoms with van der Waals surface area (Å²) < 4.78 is 0. The van der Waals surface area contributed by atoms with Crippen LogP contribution in [0, 0.1) is 5.41 Å². The van der Waals surface area contributed by atoms with Gasteiger partial charge >= 0.3 is 0 Å². The first-order valence-electron chi connectivity index (χ1n) is 9.32. The lowest BCUT2D eigenvalue weighted by molar-refractivity contribution is -0.147. The second-order valence-electron chi connectivity index (χ2n) is 7.59. The Balaban J connectivity index is 1.71. The zero-order chi connectivity index (χ0) is 20.3. The molecule has 6 heteroatoms.